The van der Waals surface area contributed by atoms with E-state index in [1.807, 2.05) is 19.1 Å². The molecule has 4 nitrogen and oxygen atoms in total. The van der Waals surface area contributed by atoms with E-state index in [0.29, 0.717) is 23.1 Å². The Balaban J connectivity index is 2.02. The Bertz CT molecular complexity index is 1070. The monoisotopic (exact) mass is 374 g/mol. The number of anilines is 1. The van der Waals surface area contributed by atoms with Crippen molar-refractivity contribution in [2.45, 2.75) is 25.1 Å². The molecule has 0 spiro atoms. The van der Waals surface area contributed by atoms with Crippen LogP contribution in [0, 0.1) is 0 Å². The minimum Gasteiger partial charge on any atom is -0.497 e. The molecule has 2 heterocycles. The predicted octanol–water partition coefficient (Wildman–Crippen LogP) is 4.50. The van der Waals surface area contributed by atoms with Gasteiger partial charge in [0.1, 0.15) is 5.75 Å². The fourth-order valence-electron chi connectivity index (χ4n) is 3.90. The van der Waals surface area contributed by atoms with Crippen LogP contribution in [-0.2, 0) is 6.18 Å². The molecule has 2 N–H and O–H groups in total. The molecule has 140 valence electrons. The van der Waals surface area contributed by atoms with Gasteiger partial charge < -0.3 is 15.0 Å². The van der Waals surface area contributed by atoms with E-state index >= 15 is 0 Å². The number of fused-ring (bicyclic) bond motifs is 3. The van der Waals surface area contributed by atoms with E-state index in [-0.39, 0.29) is 22.9 Å². The second-order valence-corrected chi connectivity index (χ2v) is 6.68. The van der Waals surface area contributed by atoms with Gasteiger partial charge >= 0.3 is 6.18 Å². The number of rotatable bonds is 2. The Morgan fingerprint density at radius 3 is 2.41 bits per heavy atom. The van der Waals surface area contributed by atoms with Crippen LogP contribution in [0.25, 0.3) is 10.9 Å². The van der Waals surface area contributed by atoms with E-state index in [1.54, 1.807) is 25.3 Å². The molecule has 2 atom stereocenters. The first kappa shape index (κ1) is 17.5. The molecule has 0 radical (unpaired) electrons. The average Bonchev–Trinajstić information content (AvgIpc) is 2.96. The zero-order chi connectivity index (χ0) is 19.3. The molecule has 7 heteroatoms. The summed E-state index contributed by atoms with van der Waals surface area (Å²) < 4.78 is 46.3. The van der Waals surface area contributed by atoms with E-state index in [0.717, 1.165) is 5.56 Å². The third-order valence-electron chi connectivity index (χ3n) is 5.02. The lowest BCUT2D eigenvalue weighted by Gasteiger charge is -2.20. The Morgan fingerprint density at radius 2 is 1.78 bits per heavy atom. The molecule has 0 saturated heterocycles. The van der Waals surface area contributed by atoms with Crippen molar-refractivity contribution in [2.75, 3.05) is 12.4 Å². The van der Waals surface area contributed by atoms with Crippen LogP contribution >= 0.6 is 0 Å². The van der Waals surface area contributed by atoms with Gasteiger partial charge in [-0.25, -0.2) is 0 Å². The summed E-state index contributed by atoms with van der Waals surface area (Å²) in [4.78, 5) is 14.3. The first-order chi connectivity index (χ1) is 12.8. The van der Waals surface area contributed by atoms with Gasteiger partial charge in [-0.2, -0.15) is 13.2 Å². The molecule has 27 heavy (non-hydrogen) atoms. The van der Waals surface area contributed by atoms with Crippen molar-refractivity contribution in [3.05, 3.63) is 69.5 Å². The van der Waals surface area contributed by atoms with Crippen molar-refractivity contribution in [3.63, 3.8) is 0 Å². The third kappa shape index (κ3) is 2.83. The number of pyridine rings is 1. The Kier molecular flexibility index (Phi) is 3.91. The number of ether oxygens (including phenoxy) is 1. The molecule has 0 aliphatic carbocycles. The number of aromatic amines is 1. The fourth-order valence-corrected chi connectivity index (χ4v) is 3.90. The maximum Gasteiger partial charge on any atom is 0.417 e. The van der Waals surface area contributed by atoms with Gasteiger partial charge in [-0.05, 0) is 42.3 Å². The Hall–Kier alpha value is -2.96. The van der Waals surface area contributed by atoms with Gasteiger partial charge in [0.05, 0.1) is 12.7 Å². The van der Waals surface area contributed by atoms with Gasteiger partial charge in [0.2, 0.25) is 5.56 Å². The zero-order valence-electron chi connectivity index (χ0n) is 14.6. The number of nitrogens with one attached hydrogen (secondary N) is 2. The third-order valence-corrected chi connectivity index (χ3v) is 5.02. The second-order valence-electron chi connectivity index (χ2n) is 6.68. The molecule has 0 fully saturated rings. The van der Waals surface area contributed by atoms with Gasteiger partial charge in [0.25, 0.3) is 0 Å². The standard InChI is InChI=1S/C20H17F3N2O2/c1-10-17(11-3-5-12(27-2)6-4-11)19-15(24-10)8-7-14-18(19)13(20(21,22)23)9-16(26)25-14/h3-10,17,24H,1-2H3,(H,25,26). The smallest absolute Gasteiger partial charge is 0.417 e. The molecule has 1 aliphatic rings. The van der Waals surface area contributed by atoms with Crippen LogP contribution in [-0.4, -0.2) is 18.1 Å². The van der Waals surface area contributed by atoms with Crippen molar-refractivity contribution < 1.29 is 17.9 Å². The van der Waals surface area contributed by atoms with Crippen LogP contribution < -0.4 is 15.6 Å². The highest BCUT2D eigenvalue weighted by Crippen LogP contribution is 2.47. The van der Waals surface area contributed by atoms with Crippen LogP contribution in [0.1, 0.15) is 29.5 Å². The van der Waals surface area contributed by atoms with Crippen LogP contribution in [0.5, 0.6) is 5.75 Å². The number of hydrogen-bond acceptors (Lipinski definition) is 3. The first-order valence-electron chi connectivity index (χ1n) is 8.47. The minimum absolute atomic E-state index is 0.0391. The van der Waals surface area contributed by atoms with Gasteiger partial charge in [-0.3, -0.25) is 4.79 Å². The summed E-state index contributed by atoms with van der Waals surface area (Å²) in [6.07, 6.45) is -4.63. The lowest BCUT2D eigenvalue weighted by atomic mass is 9.85. The largest absolute Gasteiger partial charge is 0.497 e. The topological polar surface area (TPSA) is 54.1 Å². The summed E-state index contributed by atoms with van der Waals surface area (Å²) in [6, 6.07) is 11.1. The Labute approximate surface area is 153 Å². The van der Waals surface area contributed by atoms with E-state index in [1.165, 1.54) is 6.07 Å². The molecule has 1 aromatic heterocycles. The summed E-state index contributed by atoms with van der Waals surface area (Å²) in [5.41, 5.74) is 0.578. The molecule has 3 aromatic rings. The van der Waals surface area contributed by atoms with E-state index < -0.39 is 17.3 Å². The number of H-pyrrole nitrogens is 1. The number of benzene rings is 2. The molecule has 0 amide bonds. The van der Waals surface area contributed by atoms with Crippen molar-refractivity contribution >= 4 is 16.6 Å². The molecule has 0 bridgehead atoms. The first-order valence-corrected chi connectivity index (χ1v) is 8.47. The van der Waals surface area contributed by atoms with Gasteiger partial charge in [-0.1, -0.05) is 12.1 Å². The van der Waals surface area contributed by atoms with Crippen molar-refractivity contribution in [3.8, 4) is 5.75 Å². The quantitative estimate of drug-likeness (QED) is 0.694. The molecule has 1 aliphatic heterocycles. The molecular weight excluding hydrogens is 357 g/mol. The SMILES string of the molecule is COc1ccc(C2c3c(ccc4[nH]c(=O)cc(C(F)(F)F)c34)NC2C)cc1. The van der Waals surface area contributed by atoms with Crippen LogP contribution in [0.3, 0.4) is 0 Å². The van der Waals surface area contributed by atoms with Gasteiger partial charge in [-0.15, -0.1) is 0 Å². The lowest BCUT2D eigenvalue weighted by molar-refractivity contribution is -0.136. The normalized spacial score (nSPS) is 19.0. The molecule has 0 saturated carbocycles. The maximum absolute atomic E-state index is 13.7. The fraction of sp³-hybridized carbons (Fsp3) is 0.250. The minimum atomic E-state index is -4.63. The number of methoxy groups -OCH3 is 1. The van der Waals surface area contributed by atoms with Gasteiger partial charge in [0.15, 0.2) is 0 Å². The maximum atomic E-state index is 13.7. The zero-order valence-corrected chi connectivity index (χ0v) is 14.6. The van der Waals surface area contributed by atoms with E-state index in [9.17, 15) is 18.0 Å². The van der Waals surface area contributed by atoms with Gasteiger partial charge in [0, 0.05) is 34.6 Å². The molecule has 2 aromatic carbocycles. The molecule has 2 unspecified atom stereocenters. The van der Waals surface area contributed by atoms with Crippen molar-refractivity contribution in [1.29, 1.82) is 0 Å². The molecular formula is C20H17F3N2O2. The van der Waals surface area contributed by atoms with E-state index in [4.69, 9.17) is 4.74 Å². The highest BCUT2D eigenvalue weighted by Gasteiger charge is 2.39. The summed E-state index contributed by atoms with van der Waals surface area (Å²) >= 11 is 0. The van der Waals surface area contributed by atoms with Crippen molar-refractivity contribution in [1.82, 2.24) is 4.98 Å². The molecule has 4 rings (SSSR count). The van der Waals surface area contributed by atoms with Crippen LogP contribution in [0.2, 0.25) is 0 Å². The van der Waals surface area contributed by atoms with E-state index in [2.05, 4.69) is 10.3 Å². The number of alkyl halides is 3. The number of halogens is 3. The summed E-state index contributed by atoms with van der Waals surface area (Å²) in [5.74, 6) is 0.387. The summed E-state index contributed by atoms with van der Waals surface area (Å²) in [5, 5.41) is 3.31. The summed E-state index contributed by atoms with van der Waals surface area (Å²) in [7, 11) is 1.56. The Morgan fingerprint density at radius 1 is 1.07 bits per heavy atom. The lowest BCUT2D eigenvalue weighted by Crippen LogP contribution is -2.18. The highest BCUT2D eigenvalue weighted by molar-refractivity contribution is 5.93. The second kappa shape index (κ2) is 6.04. The summed E-state index contributed by atoms with van der Waals surface area (Å²) in [6.45, 7) is 1.93. The van der Waals surface area contributed by atoms with Crippen molar-refractivity contribution in [2.24, 2.45) is 0 Å². The predicted molar refractivity (Wildman–Crippen MR) is 97.5 cm³/mol. The van der Waals surface area contributed by atoms with Crippen LogP contribution in [0.15, 0.2) is 47.3 Å². The number of aromatic nitrogens is 1. The van der Waals surface area contributed by atoms with Crippen LogP contribution in [0.4, 0.5) is 18.9 Å². The highest BCUT2D eigenvalue weighted by atomic mass is 19.4. The average molecular weight is 374 g/mol. The number of hydrogen-bond donors (Lipinski definition) is 2.